The second-order valence-corrected chi connectivity index (χ2v) is 5.57. The summed E-state index contributed by atoms with van der Waals surface area (Å²) in [4.78, 5) is 27.9. The van der Waals surface area contributed by atoms with Gasteiger partial charge in [0.05, 0.1) is 23.7 Å². The normalized spacial score (nSPS) is 16.3. The van der Waals surface area contributed by atoms with Crippen molar-refractivity contribution in [3.63, 3.8) is 0 Å². The van der Waals surface area contributed by atoms with Crippen molar-refractivity contribution in [2.75, 3.05) is 11.9 Å². The average molecular weight is 324 g/mol. The molecule has 0 spiro atoms. The molecule has 0 saturated heterocycles. The van der Waals surface area contributed by atoms with Crippen LogP contribution in [-0.4, -0.2) is 17.6 Å². The number of anilines is 1. The Balaban J connectivity index is 2.27. The van der Waals surface area contributed by atoms with Gasteiger partial charge in [0.2, 0.25) is 0 Å². The number of rotatable bonds is 4. The van der Waals surface area contributed by atoms with E-state index in [-0.39, 0.29) is 11.5 Å². The van der Waals surface area contributed by atoms with Crippen LogP contribution in [0.25, 0.3) is 0 Å². The summed E-state index contributed by atoms with van der Waals surface area (Å²) >= 11 is 0. The van der Waals surface area contributed by atoms with Crippen LogP contribution in [0.4, 0.5) is 5.69 Å². The topological polar surface area (TPSA) is 71.2 Å². The fraction of sp³-hybridized carbons (Fsp3) is 0.263. The number of carbonyl (C=O) groups excluding carboxylic acids is 1. The highest BCUT2D eigenvalue weighted by molar-refractivity contribution is 5.94. The molecule has 0 aliphatic carbocycles. The zero-order chi connectivity index (χ0) is 17.1. The van der Waals surface area contributed by atoms with Crippen molar-refractivity contribution in [3.05, 3.63) is 75.3 Å². The standard InChI is InChI=1S/C19H20N2O3/c1-3-13-17(19(23)24-4-2)15(12-8-6-5-7-9-12)16-14(21-13)10-11-20-18(16)22/h5-11,15,21H,3-4H2,1-2H3,(H,20,22). The van der Waals surface area contributed by atoms with Crippen molar-refractivity contribution in [2.45, 2.75) is 26.2 Å². The molecule has 0 amide bonds. The van der Waals surface area contributed by atoms with Crippen LogP contribution < -0.4 is 10.9 Å². The van der Waals surface area contributed by atoms with E-state index in [1.807, 2.05) is 43.3 Å². The van der Waals surface area contributed by atoms with Crippen LogP contribution in [-0.2, 0) is 9.53 Å². The van der Waals surface area contributed by atoms with Crippen molar-refractivity contribution < 1.29 is 9.53 Å². The molecule has 0 saturated carbocycles. The van der Waals surface area contributed by atoms with E-state index in [2.05, 4.69) is 10.3 Å². The molecule has 2 heterocycles. The van der Waals surface area contributed by atoms with Crippen LogP contribution in [0.15, 0.2) is 58.7 Å². The van der Waals surface area contributed by atoms with Gasteiger partial charge in [0.15, 0.2) is 0 Å². The molecular weight excluding hydrogens is 304 g/mol. The minimum atomic E-state index is -0.443. The molecule has 5 nitrogen and oxygen atoms in total. The summed E-state index contributed by atoms with van der Waals surface area (Å²) in [5.74, 6) is -0.828. The molecule has 0 radical (unpaired) electrons. The molecule has 2 N–H and O–H groups in total. The summed E-state index contributed by atoms with van der Waals surface area (Å²) in [6.07, 6.45) is 2.25. The molecule has 0 bridgehead atoms. The predicted molar refractivity (Wildman–Crippen MR) is 92.9 cm³/mol. The van der Waals surface area contributed by atoms with Crippen LogP contribution >= 0.6 is 0 Å². The van der Waals surface area contributed by atoms with E-state index in [1.54, 1.807) is 13.1 Å². The third-order valence-electron chi connectivity index (χ3n) is 4.17. The summed E-state index contributed by atoms with van der Waals surface area (Å²) in [5.41, 5.74) is 3.27. The van der Waals surface area contributed by atoms with Crippen LogP contribution in [0, 0.1) is 0 Å². The molecule has 1 aliphatic rings. The lowest BCUT2D eigenvalue weighted by atomic mass is 9.81. The SMILES string of the molecule is CCOC(=O)C1=C(CC)Nc2cc[nH]c(=O)c2C1c1ccccc1. The first kappa shape index (κ1) is 16.1. The quantitative estimate of drug-likeness (QED) is 0.848. The molecule has 3 rings (SSSR count). The second-order valence-electron chi connectivity index (χ2n) is 5.57. The molecule has 1 aliphatic heterocycles. The molecule has 124 valence electrons. The van der Waals surface area contributed by atoms with E-state index in [0.717, 1.165) is 16.9 Å². The van der Waals surface area contributed by atoms with E-state index in [0.29, 0.717) is 24.2 Å². The minimum Gasteiger partial charge on any atom is -0.463 e. The number of hydrogen-bond donors (Lipinski definition) is 2. The highest BCUT2D eigenvalue weighted by Gasteiger charge is 2.35. The van der Waals surface area contributed by atoms with Gasteiger partial charge in [0, 0.05) is 17.6 Å². The zero-order valence-electron chi connectivity index (χ0n) is 13.8. The lowest BCUT2D eigenvalue weighted by molar-refractivity contribution is -0.138. The molecule has 5 heteroatoms. The minimum absolute atomic E-state index is 0.203. The second kappa shape index (κ2) is 6.74. The number of carbonyl (C=O) groups is 1. The Morgan fingerprint density at radius 2 is 1.92 bits per heavy atom. The van der Waals surface area contributed by atoms with Gasteiger partial charge in [-0.05, 0) is 25.0 Å². The summed E-state index contributed by atoms with van der Waals surface area (Å²) in [5, 5.41) is 3.24. The summed E-state index contributed by atoms with van der Waals surface area (Å²) in [6.45, 7) is 4.04. The molecule has 2 aromatic rings. The third kappa shape index (κ3) is 2.73. The number of aromatic amines is 1. The third-order valence-corrected chi connectivity index (χ3v) is 4.17. The first-order valence-electron chi connectivity index (χ1n) is 8.11. The Morgan fingerprint density at radius 1 is 1.17 bits per heavy atom. The highest BCUT2D eigenvalue weighted by Crippen LogP contribution is 2.40. The van der Waals surface area contributed by atoms with Gasteiger partial charge in [0.25, 0.3) is 5.56 Å². The molecule has 1 unspecified atom stereocenters. The zero-order valence-corrected chi connectivity index (χ0v) is 13.8. The van der Waals surface area contributed by atoms with Gasteiger partial charge in [-0.1, -0.05) is 37.3 Å². The lowest BCUT2D eigenvalue weighted by Crippen LogP contribution is -2.30. The Kier molecular flexibility index (Phi) is 4.51. The van der Waals surface area contributed by atoms with E-state index in [9.17, 15) is 9.59 Å². The Hall–Kier alpha value is -2.82. The maximum atomic E-state index is 12.6. The number of aromatic nitrogens is 1. The molecule has 1 aromatic heterocycles. The fourth-order valence-corrected chi connectivity index (χ4v) is 3.14. The summed E-state index contributed by atoms with van der Waals surface area (Å²) < 4.78 is 5.27. The highest BCUT2D eigenvalue weighted by atomic mass is 16.5. The van der Waals surface area contributed by atoms with Crippen LogP contribution in [0.1, 0.15) is 37.3 Å². The van der Waals surface area contributed by atoms with Gasteiger partial charge >= 0.3 is 5.97 Å². The number of H-pyrrole nitrogens is 1. The Morgan fingerprint density at radius 3 is 2.58 bits per heavy atom. The van der Waals surface area contributed by atoms with E-state index in [1.165, 1.54) is 0 Å². The van der Waals surface area contributed by atoms with Crippen molar-refractivity contribution in [1.29, 1.82) is 0 Å². The van der Waals surface area contributed by atoms with Gasteiger partial charge in [-0.15, -0.1) is 0 Å². The number of allylic oxidation sites excluding steroid dienone is 1. The fourth-order valence-electron chi connectivity index (χ4n) is 3.14. The maximum Gasteiger partial charge on any atom is 0.336 e. The summed E-state index contributed by atoms with van der Waals surface area (Å²) in [6, 6.07) is 11.4. The van der Waals surface area contributed by atoms with Crippen molar-refractivity contribution in [3.8, 4) is 0 Å². The van der Waals surface area contributed by atoms with E-state index in [4.69, 9.17) is 4.74 Å². The molecule has 0 fully saturated rings. The smallest absolute Gasteiger partial charge is 0.336 e. The van der Waals surface area contributed by atoms with Crippen LogP contribution in [0.5, 0.6) is 0 Å². The lowest BCUT2D eigenvalue weighted by Gasteiger charge is -2.30. The first-order chi connectivity index (χ1) is 11.7. The molecule has 24 heavy (non-hydrogen) atoms. The van der Waals surface area contributed by atoms with Gasteiger partial charge in [-0.25, -0.2) is 4.79 Å². The largest absolute Gasteiger partial charge is 0.463 e. The van der Waals surface area contributed by atoms with E-state index < -0.39 is 5.92 Å². The summed E-state index contributed by atoms with van der Waals surface area (Å²) in [7, 11) is 0. The molecular formula is C19H20N2O3. The monoisotopic (exact) mass is 324 g/mol. The number of fused-ring (bicyclic) bond motifs is 1. The van der Waals surface area contributed by atoms with Crippen molar-refractivity contribution in [1.82, 2.24) is 4.98 Å². The van der Waals surface area contributed by atoms with Crippen molar-refractivity contribution in [2.24, 2.45) is 0 Å². The number of nitrogens with one attached hydrogen (secondary N) is 2. The van der Waals surface area contributed by atoms with E-state index >= 15 is 0 Å². The first-order valence-corrected chi connectivity index (χ1v) is 8.11. The Labute approximate surface area is 140 Å². The predicted octanol–water partition coefficient (Wildman–Crippen LogP) is 3.16. The number of hydrogen-bond acceptors (Lipinski definition) is 4. The number of ether oxygens (including phenoxy) is 1. The average Bonchev–Trinajstić information content (AvgIpc) is 2.61. The van der Waals surface area contributed by atoms with Gasteiger partial charge < -0.3 is 15.0 Å². The number of esters is 1. The number of benzene rings is 1. The molecule has 1 atom stereocenters. The number of pyridine rings is 1. The Bertz CT molecular complexity index is 837. The van der Waals surface area contributed by atoms with Gasteiger partial charge in [0.1, 0.15) is 0 Å². The van der Waals surface area contributed by atoms with Gasteiger partial charge in [-0.3, -0.25) is 4.79 Å². The molecule has 1 aromatic carbocycles. The van der Waals surface area contributed by atoms with Crippen molar-refractivity contribution >= 4 is 11.7 Å². The van der Waals surface area contributed by atoms with Crippen LogP contribution in [0.2, 0.25) is 0 Å². The van der Waals surface area contributed by atoms with Gasteiger partial charge in [-0.2, -0.15) is 0 Å². The maximum absolute atomic E-state index is 12.6. The van der Waals surface area contributed by atoms with Crippen LogP contribution in [0.3, 0.4) is 0 Å².